The number of rotatable bonds is 5. The van der Waals surface area contributed by atoms with Crippen molar-refractivity contribution in [2.24, 2.45) is 5.41 Å². The molecule has 0 aliphatic carbocycles. The highest BCUT2D eigenvalue weighted by atomic mass is 16.3. The minimum absolute atomic E-state index is 0.0184. The predicted octanol–water partition coefficient (Wildman–Crippen LogP) is 7.73. The van der Waals surface area contributed by atoms with E-state index in [2.05, 4.69) is 9.97 Å². The van der Waals surface area contributed by atoms with Gasteiger partial charge in [-0.25, -0.2) is 4.98 Å². The van der Waals surface area contributed by atoms with E-state index in [1.54, 1.807) is 63.2 Å². The molecular weight excluding hydrogens is 404 g/mol. The number of aromatic nitrogens is 2. The molecule has 0 amide bonds. The lowest BCUT2D eigenvalue weighted by atomic mass is 9.86. The lowest BCUT2D eigenvalue weighted by Gasteiger charge is -2.20. The second-order valence-electron chi connectivity index (χ2n) is 8.94. The van der Waals surface area contributed by atoms with Crippen molar-refractivity contribution in [1.82, 2.24) is 9.97 Å². The molecule has 0 saturated carbocycles. The summed E-state index contributed by atoms with van der Waals surface area (Å²) in [6.07, 6.45) is -5.69. The molecule has 3 aromatic heterocycles. The molecule has 0 aliphatic heterocycles. The Morgan fingerprint density at radius 2 is 1.79 bits per heavy atom. The van der Waals surface area contributed by atoms with Gasteiger partial charge in [-0.3, -0.25) is 4.98 Å². The first-order chi connectivity index (χ1) is 19.4. The van der Waals surface area contributed by atoms with Crippen LogP contribution >= 0.6 is 0 Å². The van der Waals surface area contributed by atoms with Crippen LogP contribution in [0, 0.1) is 12.3 Å². The van der Waals surface area contributed by atoms with Crippen LogP contribution in [0.25, 0.3) is 33.3 Å². The van der Waals surface area contributed by atoms with E-state index in [4.69, 9.17) is 16.8 Å². The van der Waals surface area contributed by atoms with Crippen molar-refractivity contribution in [3.8, 4) is 11.3 Å². The van der Waals surface area contributed by atoms with Crippen molar-refractivity contribution < 1.29 is 16.8 Å². The summed E-state index contributed by atoms with van der Waals surface area (Å²) in [4.78, 5) is 8.81. The third-order valence-electron chi connectivity index (χ3n) is 5.16. The summed E-state index contributed by atoms with van der Waals surface area (Å²) in [5.74, 6) is 0. The summed E-state index contributed by atoms with van der Waals surface area (Å²) in [6.45, 7) is 2.55. The molecule has 3 nitrogen and oxygen atoms in total. The standard InChI is InChI=1S/C30H30N2O/c1-20-19-31-27(17-22(20)18-30(2,3)4)26-12-8-11-24-25-16-15-23(32-29(25)33-28(24)26)14-13-21-9-6-5-7-10-21/h5-12,15-17,19H,13-14,18H2,1-4H3/i1D3,13D2,14D2,18D2. The van der Waals surface area contributed by atoms with Gasteiger partial charge < -0.3 is 4.42 Å². The van der Waals surface area contributed by atoms with Gasteiger partial charge in [0, 0.05) is 40.6 Å². The maximum absolute atomic E-state index is 8.83. The van der Waals surface area contributed by atoms with Gasteiger partial charge in [0.15, 0.2) is 0 Å². The highest BCUT2D eigenvalue weighted by Gasteiger charge is 2.17. The number of hydrogen-bond donors (Lipinski definition) is 0. The number of fused-ring (bicyclic) bond motifs is 3. The Balaban J connectivity index is 1.67. The van der Waals surface area contributed by atoms with Gasteiger partial charge in [-0.15, -0.1) is 0 Å². The van der Waals surface area contributed by atoms with Crippen LogP contribution in [0.4, 0.5) is 0 Å². The number of hydrogen-bond acceptors (Lipinski definition) is 3. The van der Waals surface area contributed by atoms with Crippen LogP contribution in [0.2, 0.25) is 0 Å². The van der Waals surface area contributed by atoms with Gasteiger partial charge in [0.25, 0.3) is 0 Å². The number of benzene rings is 2. The summed E-state index contributed by atoms with van der Waals surface area (Å²) in [5.41, 5.74) is 0.249. The van der Waals surface area contributed by atoms with E-state index in [0.717, 1.165) is 0 Å². The highest BCUT2D eigenvalue weighted by molar-refractivity contribution is 6.08. The van der Waals surface area contributed by atoms with Crippen LogP contribution in [0.5, 0.6) is 0 Å². The van der Waals surface area contributed by atoms with E-state index in [9.17, 15) is 0 Å². The largest absolute Gasteiger partial charge is 0.437 e. The van der Waals surface area contributed by atoms with Crippen LogP contribution in [0.1, 0.15) is 55.5 Å². The first kappa shape index (κ1) is 13.3. The molecule has 0 aliphatic rings. The zero-order chi connectivity index (χ0) is 30.9. The van der Waals surface area contributed by atoms with Gasteiger partial charge in [0.1, 0.15) is 5.58 Å². The molecular formula is C30H30N2O. The molecule has 5 rings (SSSR count). The molecule has 0 saturated heterocycles. The third kappa shape index (κ3) is 4.54. The Kier molecular flexibility index (Phi) is 3.41. The van der Waals surface area contributed by atoms with Gasteiger partial charge >= 0.3 is 0 Å². The topological polar surface area (TPSA) is 38.9 Å². The fraction of sp³-hybridized carbons (Fsp3) is 0.267. The number of para-hydroxylation sites is 1. The Labute approximate surface area is 208 Å². The minimum atomic E-state index is -2.57. The summed E-state index contributed by atoms with van der Waals surface area (Å²) in [6, 6.07) is 17.9. The van der Waals surface area contributed by atoms with E-state index in [1.165, 1.54) is 30.5 Å². The number of furan rings is 1. The molecule has 0 radical (unpaired) electrons. The van der Waals surface area contributed by atoms with Crippen LogP contribution in [-0.2, 0) is 19.1 Å². The normalized spacial score (nSPS) is 17.7. The second kappa shape index (κ2) is 8.47. The minimum Gasteiger partial charge on any atom is -0.437 e. The quantitative estimate of drug-likeness (QED) is 0.279. The Morgan fingerprint density at radius 1 is 0.939 bits per heavy atom. The van der Waals surface area contributed by atoms with Crippen molar-refractivity contribution >= 4 is 22.1 Å². The molecule has 0 unspecified atom stereocenters. The summed E-state index contributed by atoms with van der Waals surface area (Å²) in [5, 5.41) is 1.23. The van der Waals surface area contributed by atoms with Gasteiger partial charge in [0.2, 0.25) is 5.71 Å². The summed E-state index contributed by atoms with van der Waals surface area (Å²) in [7, 11) is 0. The Morgan fingerprint density at radius 3 is 2.58 bits per heavy atom. The van der Waals surface area contributed by atoms with Crippen LogP contribution in [0.3, 0.4) is 0 Å². The lowest BCUT2D eigenvalue weighted by Crippen LogP contribution is -2.10. The monoisotopic (exact) mass is 443 g/mol. The molecule has 0 atom stereocenters. The van der Waals surface area contributed by atoms with Crippen LogP contribution in [-0.4, -0.2) is 9.97 Å². The molecule has 33 heavy (non-hydrogen) atoms. The Hall–Kier alpha value is -3.46. The Bertz CT molecular complexity index is 1790. The molecule has 3 heteroatoms. The van der Waals surface area contributed by atoms with Crippen LogP contribution in [0.15, 0.2) is 77.3 Å². The van der Waals surface area contributed by atoms with Gasteiger partial charge in [-0.1, -0.05) is 63.2 Å². The van der Waals surface area contributed by atoms with E-state index in [-0.39, 0.29) is 28.1 Å². The molecule has 0 N–H and O–H groups in total. The first-order valence-corrected chi connectivity index (χ1v) is 10.8. The second-order valence-corrected chi connectivity index (χ2v) is 8.94. The number of pyridine rings is 2. The van der Waals surface area contributed by atoms with Gasteiger partial charge in [-0.05, 0) is 72.3 Å². The molecule has 5 aromatic rings. The van der Waals surface area contributed by atoms with Crippen molar-refractivity contribution in [3.05, 3.63) is 95.3 Å². The van der Waals surface area contributed by atoms with Gasteiger partial charge in [-0.2, -0.15) is 0 Å². The molecule has 2 aromatic carbocycles. The number of aryl methyl sites for hydroxylation is 3. The van der Waals surface area contributed by atoms with E-state index in [1.807, 2.05) is 0 Å². The fourth-order valence-electron chi connectivity index (χ4n) is 3.72. The highest BCUT2D eigenvalue weighted by Crippen LogP contribution is 2.35. The molecule has 0 spiro atoms. The molecule has 166 valence electrons. The SMILES string of the molecule is [2H]C([2H])([2H])c1cnc(-c2cccc3c2oc2nc(C([2H])([2H])C([2H])([2H])c4ccccc4)ccc23)cc1C([2H])([2H])C(C)(C)C. The van der Waals surface area contributed by atoms with Crippen molar-refractivity contribution in [3.63, 3.8) is 0 Å². The van der Waals surface area contributed by atoms with Crippen molar-refractivity contribution in [2.75, 3.05) is 0 Å². The lowest BCUT2D eigenvalue weighted by molar-refractivity contribution is 0.410. The van der Waals surface area contributed by atoms with E-state index >= 15 is 0 Å². The maximum atomic E-state index is 8.83. The van der Waals surface area contributed by atoms with Crippen molar-refractivity contribution in [1.29, 1.82) is 0 Å². The maximum Gasteiger partial charge on any atom is 0.227 e. The predicted molar refractivity (Wildman–Crippen MR) is 136 cm³/mol. The zero-order valence-corrected chi connectivity index (χ0v) is 18.7. The molecule has 3 heterocycles. The van der Waals surface area contributed by atoms with E-state index in [0.29, 0.717) is 27.6 Å². The summed E-state index contributed by atoms with van der Waals surface area (Å²) < 4.78 is 82.3. The number of nitrogens with zero attached hydrogens (tertiary/aromatic N) is 2. The van der Waals surface area contributed by atoms with E-state index < -0.39 is 31.4 Å². The third-order valence-corrected chi connectivity index (χ3v) is 5.16. The average molecular weight is 444 g/mol. The summed E-state index contributed by atoms with van der Waals surface area (Å²) >= 11 is 0. The fourth-order valence-corrected chi connectivity index (χ4v) is 3.72. The van der Waals surface area contributed by atoms with Crippen molar-refractivity contribution in [2.45, 2.75) is 46.7 Å². The first-order valence-electron chi connectivity index (χ1n) is 15.3. The van der Waals surface area contributed by atoms with Crippen LogP contribution < -0.4 is 0 Å². The molecule has 0 bridgehead atoms. The van der Waals surface area contributed by atoms with Gasteiger partial charge in [0.05, 0.1) is 5.69 Å². The average Bonchev–Trinajstić information content (AvgIpc) is 3.30. The smallest absolute Gasteiger partial charge is 0.227 e. The zero-order valence-electron chi connectivity index (χ0n) is 27.7. The molecule has 0 fully saturated rings.